The molecule has 0 amide bonds. The number of anilines is 1. The molecule has 0 spiro atoms. The number of aromatic nitrogens is 2. The van der Waals surface area contributed by atoms with Gasteiger partial charge in [0.15, 0.2) is 0 Å². The van der Waals surface area contributed by atoms with Gasteiger partial charge in [0.25, 0.3) is 10.0 Å². The molecule has 0 aliphatic heterocycles. The summed E-state index contributed by atoms with van der Waals surface area (Å²) in [7, 11) is -3.55. The molecule has 9 heteroatoms. The number of hydrogen-bond acceptors (Lipinski definition) is 7. The molecule has 2 rings (SSSR count). The molecule has 18 heavy (non-hydrogen) atoms. The van der Waals surface area contributed by atoms with Crippen LogP contribution in [0.3, 0.4) is 0 Å². The Bertz CT molecular complexity index is 591. The Balaban J connectivity index is 2.12. The summed E-state index contributed by atoms with van der Waals surface area (Å²) in [5.74, 6) is 0. The minimum absolute atomic E-state index is 0.260. The van der Waals surface area contributed by atoms with Crippen molar-refractivity contribution in [2.45, 2.75) is 18.4 Å². The van der Waals surface area contributed by atoms with Gasteiger partial charge in [-0.25, -0.2) is 8.42 Å². The number of hydrogen-bond donors (Lipinski definition) is 2. The first-order chi connectivity index (χ1) is 8.62. The van der Waals surface area contributed by atoms with E-state index in [2.05, 4.69) is 20.2 Å². The van der Waals surface area contributed by atoms with Crippen molar-refractivity contribution in [1.29, 1.82) is 0 Å². The molecule has 0 aromatic carbocycles. The van der Waals surface area contributed by atoms with E-state index in [0.29, 0.717) is 6.54 Å². The van der Waals surface area contributed by atoms with Gasteiger partial charge in [0, 0.05) is 16.8 Å². The van der Waals surface area contributed by atoms with Crippen LogP contribution in [0.1, 0.15) is 11.8 Å². The standard InChI is InChI=1S/C9H12N4O2S3/c1-2-10-4-7-3-8(5-16-7)18(14,15)13-9-12-11-6-17-9/h3,5-6,10H,2,4H2,1H3,(H,12,13). The molecule has 2 N–H and O–H groups in total. The summed E-state index contributed by atoms with van der Waals surface area (Å²) in [4.78, 5) is 1.24. The fourth-order valence-corrected chi connectivity index (χ4v) is 4.17. The summed E-state index contributed by atoms with van der Waals surface area (Å²) in [5, 5.41) is 12.3. The Hall–Kier alpha value is -1.03. The Morgan fingerprint density at radius 2 is 2.22 bits per heavy atom. The molecule has 0 saturated carbocycles. The van der Waals surface area contributed by atoms with Gasteiger partial charge in [-0.1, -0.05) is 18.3 Å². The maximum atomic E-state index is 12.0. The van der Waals surface area contributed by atoms with Crippen LogP contribution in [0.15, 0.2) is 21.9 Å². The van der Waals surface area contributed by atoms with Crippen LogP contribution in [0.5, 0.6) is 0 Å². The lowest BCUT2D eigenvalue weighted by Gasteiger charge is -2.01. The summed E-state index contributed by atoms with van der Waals surface area (Å²) < 4.78 is 26.4. The maximum Gasteiger partial charge on any atom is 0.264 e. The fraction of sp³-hybridized carbons (Fsp3) is 0.333. The monoisotopic (exact) mass is 304 g/mol. The largest absolute Gasteiger partial charge is 0.312 e. The van der Waals surface area contributed by atoms with E-state index >= 15 is 0 Å². The minimum atomic E-state index is -3.55. The Labute approximate surface area is 113 Å². The zero-order valence-corrected chi connectivity index (χ0v) is 12.0. The van der Waals surface area contributed by atoms with Gasteiger partial charge in [-0.3, -0.25) is 4.72 Å². The van der Waals surface area contributed by atoms with Crippen molar-refractivity contribution >= 4 is 37.8 Å². The van der Waals surface area contributed by atoms with E-state index in [1.807, 2.05) is 6.92 Å². The van der Waals surface area contributed by atoms with Crippen LogP contribution >= 0.6 is 22.7 Å². The van der Waals surface area contributed by atoms with Gasteiger partial charge in [-0.15, -0.1) is 21.5 Å². The summed E-state index contributed by atoms with van der Waals surface area (Å²) in [6, 6.07) is 1.66. The Morgan fingerprint density at radius 1 is 1.39 bits per heavy atom. The second-order valence-electron chi connectivity index (χ2n) is 3.38. The molecule has 0 fully saturated rings. The molecule has 0 saturated heterocycles. The topological polar surface area (TPSA) is 84.0 Å². The summed E-state index contributed by atoms with van der Waals surface area (Å²) in [6.07, 6.45) is 0. The SMILES string of the molecule is CCNCc1cc(S(=O)(=O)Nc2nncs2)cs1. The third-order valence-electron chi connectivity index (χ3n) is 2.07. The van der Waals surface area contributed by atoms with Crippen molar-refractivity contribution in [2.75, 3.05) is 11.3 Å². The van der Waals surface area contributed by atoms with E-state index < -0.39 is 10.0 Å². The Kier molecular flexibility index (Phi) is 4.27. The summed E-state index contributed by atoms with van der Waals surface area (Å²) in [5.41, 5.74) is 1.47. The summed E-state index contributed by atoms with van der Waals surface area (Å²) in [6.45, 7) is 3.53. The molecule has 2 aromatic rings. The Morgan fingerprint density at radius 3 is 2.89 bits per heavy atom. The lowest BCUT2D eigenvalue weighted by Crippen LogP contribution is -2.12. The van der Waals surface area contributed by atoms with Crippen molar-refractivity contribution in [3.8, 4) is 0 Å². The molecule has 0 bridgehead atoms. The number of thiophene rings is 1. The zero-order valence-electron chi connectivity index (χ0n) is 9.58. The van der Waals surface area contributed by atoms with E-state index in [-0.39, 0.29) is 10.0 Å². The highest BCUT2D eigenvalue weighted by atomic mass is 32.2. The van der Waals surface area contributed by atoms with Crippen LogP contribution in [0.2, 0.25) is 0 Å². The van der Waals surface area contributed by atoms with Gasteiger partial charge >= 0.3 is 0 Å². The highest BCUT2D eigenvalue weighted by molar-refractivity contribution is 7.93. The lowest BCUT2D eigenvalue weighted by atomic mass is 10.4. The highest BCUT2D eigenvalue weighted by Gasteiger charge is 2.17. The van der Waals surface area contributed by atoms with E-state index in [1.54, 1.807) is 11.4 Å². The lowest BCUT2D eigenvalue weighted by molar-refractivity contribution is 0.601. The van der Waals surface area contributed by atoms with Gasteiger partial charge in [0.1, 0.15) is 5.51 Å². The quantitative estimate of drug-likeness (QED) is 0.845. The molecule has 0 unspecified atom stereocenters. The van der Waals surface area contributed by atoms with Crippen molar-refractivity contribution in [2.24, 2.45) is 0 Å². The number of nitrogens with zero attached hydrogens (tertiary/aromatic N) is 2. The molecule has 0 atom stereocenters. The molecule has 0 aliphatic rings. The van der Waals surface area contributed by atoms with Crippen LogP contribution in [-0.4, -0.2) is 25.2 Å². The average molecular weight is 304 g/mol. The fourth-order valence-electron chi connectivity index (χ4n) is 1.23. The van der Waals surface area contributed by atoms with Crippen LogP contribution in [0, 0.1) is 0 Å². The van der Waals surface area contributed by atoms with Crippen LogP contribution in [-0.2, 0) is 16.6 Å². The third-order valence-corrected chi connectivity index (χ3v) is 5.21. The van der Waals surface area contributed by atoms with E-state index in [4.69, 9.17) is 0 Å². The smallest absolute Gasteiger partial charge is 0.264 e. The molecule has 2 heterocycles. The maximum absolute atomic E-state index is 12.0. The molecule has 0 aliphatic carbocycles. The third kappa shape index (κ3) is 3.25. The minimum Gasteiger partial charge on any atom is -0.312 e. The first-order valence-electron chi connectivity index (χ1n) is 5.19. The first kappa shape index (κ1) is 13.4. The van der Waals surface area contributed by atoms with E-state index in [0.717, 1.165) is 22.8 Å². The van der Waals surface area contributed by atoms with Crippen LogP contribution < -0.4 is 10.0 Å². The van der Waals surface area contributed by atoms with E-state index in [9.17, 15) is 8.42 Å². The normalized spacial score (nSPS) is 11.6. The molecule has 6 nitrogen and oxygen atoms in total. The predicted molar refractivity (Wildman–Crippen MR) is 72.4 cm³/mol. The van der Waals surface area contributed by atoms with Gasteiger partial charge in [-0.2, -0.15) is 0 Å². The van der Waals surface area contributed by atoms with Crippen molar-refractivity contribution in [3.63, 3.8) is 0 Å². The average Bonchev–Trinajstić information content (AvgIpc) is 2.96. The van der Waals surface area contributed by atoms with Gasteiger partial charge in [0.05, 0.1) is 4.90 Å². The van der Waals surface area contributed by atoms with Crippen molar-refractivity contribution in [3.05, 3.63) is 21.8 Å². The highest BCUT2D eigenvalue weighted by Crippen LogP contribution is 2.22. The van der Waals surface area contributed by atoms with Gasteiger partial charge in [-0.05, 0) is 12.6 Å². The molecule has 0 radical (unpaired) electrons. The zero-order chi connectivity index (χ0) is 13.0. The number of rotatable bonds is 6. The number of sulfonamides is 1. The molecular formula is C9H12N4O2S3. The molecular weight excluding hydrogens is 292 g/mol. The van der Waals surface area contributed by atoms with Crippen molar-refractivity contribution in [1.82, 2.24) is 15.5 Å². The molecule has 98 valence electrons. The summed E-state index contributed by atoms with van der Waals surface area (Å²) >= 11 is 2.56. The van der Waals surface area contributed by atoms with Crippen molar-refractivity contribution < 1.29 is 8.42 Å². The second-order valence-corrected chi connectivity index (χ2v) is 6.89. The molecule has 2 aromatic heterocycles. The van der Waals surface area contributed by atoms with Crippen LogP contribution in [0.4, 0.5) is 5.13 Å². The first-order valence-corrected chi connectivity index (χ1v) is 8.43. The predicted octanol–water partition coefficient (Wildman–Crippen LogP) is 1.51. The second kappa shape index (κ2) is 5.74. The van der Waals surface area contributed by atoms with E-state index in [1.165, 1.54) is 16.8 Å². The van der Waals surface area contributed by atoms with Crippen LogP contribution in [0.25, 0.3) is 0 Å². The van der Waals surface area contributed by atoms with Gasteiger partial charge in [0.2, 0.25) is 5.13 Å². The van der Waals surface area contributed by atoms with Gasteiger partial charge < -0.3 is 5.32 Å². The number of nitrogens with one attached hydrogen (secondary N) is 2.